The van der Waals surface area contributed by atoms with Crippen LogP contribution in [-0.4, -0.2) is 0 Å². The number of hydrogen-bond donors (Lipinski definition) is 1. The van der Waals surface area contributed by atoms with Gasteiger partial charge < -0.3 is 10.5 Å². The Labute approximate surface area is 117 Å². The maximum absolute atomic E-state index is 6.44. The molecule has 1 atom stereocenters. The van der Waals surface area contributed by atoms with Crippen molar-refractivity contribution in [1.29, 1.82) is 0 Å². The summed E-state index contributed by atoms with van der Waals surface area (Å²) < 4.78 is 5.47. The summed E-state index contributed by atoms with van der Waals surface area (Å²) >= 11 is 1.90. The molecule has 98 valence electrons. The first-order valence-corrected chi connectivity index (χ1v) is 7.69. The van der Waals surface area contributed by atoms with Crippen LogP contribution in [0.25, 0.3) is 0 Å². The molecule has 0 amide bonds. The Morgan fingerprint density at radius 3 is 2.84 bits per heavy atom. The number of rotatable bonds is 2. The molecule has 0 saturated carbocycles. The molecule has 1 aromatic carbocycles. The van der Waals surface area contributed by atoms with Gasteiger partial charge in [0.25, 0.3) is 0 Å². The highest BCUT2D eigenvalue weighted by Gasteiger charge is 2.20. The molecule has 1 aromatic heterocycles. The van der Waals surface area contributed by atoms with Crippen molar-refractivity contribution in [2.45, 2.75) is 38.5 Å². The molecule has 0 spiro atoms. The number of benzene rings is 1. The van der Waals surface area contributed by atoms with Crippen molar-refractivity contribution in [1.82, 2.24) is 0 Å². The van der Waals surface area contributed by atoms with Crippen molar-refractivity contribution in [3.63, 3.8) is 0 Å². The monoisotopic (exact) mass is 271 g/mol. The second-order valence-corrected chi connectivity index (χ2v) is 6.62. The molecule has 1 aliphatic heterocycles. The van der Waals surface area contributed by atoms with Gasteiger partial charge in [-0.25, -0.2) is 0 Å². The van der Waals surface area contributed by atoms with E-state index in [4.69, 9.17) is 10.5 Å². The van der Waals surface area contributed by atoms with E-state index >= 15 is 0 Å². The molecule has 2 aliphatic rings. The maximum atomic E-state index is 6.44. The second-order valence-electron chi connectivity index (χ2n) is 5.45. The Kier molecular flexibility index (Phi) is 2.72. The lowest BCUT2D eigenvalue weighted by molar-refractivity contribution is 0.134. The number of ether oxygens (including phenoxy) is 1. The number of aryl methyl sites for hydroxylation is 2. The molecule has 0 fully saturated rings. The van der Waals surface area contributed by atoms with E-state index in [-0.39, 0.29) is 6.04 Å². The Morgan fingerprint density at radius 1 is 1.05 bits per heavy atom. The van der Waals surface area contributed by atoms with Gasteiger partial charge in [0.2, 0.25) is 0 Å². The van der Waals surface area contributed by atoms with Gasteiger partial charge in [-0.05, 0) is 47.6 Å². The fourth-order valence-electron chi connectivity index (χ4n) is 3.06. The highest BCUT2D eigenvalue weighted by Crippen LogP contribution is 2.35. The van der Waals surface area contributed by atoms with Crippen molar-refractivity contribution in [3.8, 4) is 0 Å². The minimum absolute atomic E-state index is 0.0153. The van der Waals surface area contributed by atoms with Crippen LogP contribution in [0.1, 0.15) is 44.5 Å². The first-order chi connectivity index (χ1) is 9.31. The van der Waals surface area contributed by atoms with Crippen LogP contribution in [0.4, 0.5) is 0 Å². The maximum Gasteiger partial charge on any atom is 0.0725 e. The van der Waals surface area contributed by atoms with E-state index in [9.17, 15) is 0 Å². The Balaban J connectivity index is 1.67. The quantitative estimate of drug-likeness (QED) is 0.909. The molecule has 0 saturated heterocycles. The molecule has 2 heterocycles. The number of thiophene rings is 1. The van der Waals surface area contributed by atoms with E-state index in [1.807, 2.05) is 11.3 Å². The normalized spacial score (nSPS) is 18.4. The molecule has 19 heavy (non-hydrogen) atoms. The average Bonchev–Trinajstić information content (AvgIpc) is 3.11. The van der Waals surface area contributed by atoms with E-state index < -0.39 is 0 Å². The van der Waals surface area contributed by atoms with Crippen molar-refractivity contribution >= 4 is 11.3 Å². The van der Waals surface area contributed by atoms with Gasteiger partial charge in [0, 0.05) is 9.75 Å². The molecule has 3 heteroatoms. The molecule has 4 rings (SSSR count). The van der Waals surface area contributed by atoms with Gasteiger partial charge in [-0.2, -0.15) is 0 Å². The second kappa shape index (κ2) is 4.44. The van der Waals surface area contributed by atoms with Crippen LogP contribution in [0, 0.1) is 0 Å². The predicted octanol–water partition coefficient (Wildman–Crippen LogP) is 3.32. The third kappa shape index (κ3) is 1.93. The molecular formula is C16H17NOS. The van der Waals surface area contributed by atoms with Crippen molar-refractivity contribution < 1.29 is 4.74 Å². The standard InChI is InChI=1S/C16H17NOS/c17-16(15-7-10-2-1-3-14(10)19-15)11-4-5-12-8-18-9-13(12)6-11/h4-7,16H,1-3,8-9,17H2. The van der Waals surface area contributed by atoms with Crippen LogP contribution >= 0.6 is 11.3 Å². The third-order valence-electron chi connectivity index (χ3n) is 4.18. The van der Waals surface area contributed by atoms with Crippen LogP contribution in [0.3, 0.4) is 0 Å². The number of nitrogens with two attached hydrogens (primary N) is 1. The van der Waals surface area contributed by atoms with Crippen LogP contribution in [0.15, 0.2) is 24.3 Å². The van der Waals surface area contributed by atoms with Crippen LogP contribution < -0.4 is 5.73 Å². The molecular weight excluding hydrogens is 254 g/mol. The third-order valence-corrected chi connectivity index (χ3v) is 5.50. The van der Waals surface area contributed by atoms with Gasteiger partial charge in [0.15, 0.2) is 0 Å². The smallest absolute Gasteiger partial charge is 0.0725 e. The van der Waals surface area contributed by atoms with E-state index in [0.29, 0.717) is 0 Å². The van der Waals surface area contributed by atoms with Gasteiger partial charge in [-0.3, -0.25) is 0 Å². The number of fused-ring (bicyclic) bond motifs is 2. The lowest BCUT2D eigenvalue weighted by Gasteiger charge is -2.11. The van der Waals surface area contributed by atoms with Crippen LogP contribution in [-0.2, 0) is 30.8 Å². The van der Waals surface area contributed by atoms with E-state index in [2.05, 4.69) is 24.3 Å². The lowest BCUT2D eigenvalue weighted by atomic mass is 10.0. The fraction of sp³-hybridized carbons (Fsp3) is 0.375. The zero-order chi connectivity index (χ0) is 12.8. The molecule has 2 aromatic rings. The van der Waals surface area contributed by atoms with Gasteiger partial charge >= 0.3 is 0 Å². The van der Waals surface area contributed by atoms with E-state index in [1.54, 1.807) is 4.88 Å². The Hall–Kier alpha value is -1.16. The largest absolute Gasteiger partial charge is 0.372 e. The molecule has 1 unspecified atom stereocenters. The van der Waals surface area contributed by atoms with E-state index in [0.717, 1.165) is 13.2 Å². The molecule has 0 bridgehead atoms. The van der Waals surface area contributed by atoms with Crippen LogP contribution in [0.2, 0.25) is 0 Å². The SMILES string of the molecule is NC(c1ccc2c(c1)COC2)c1cc2c(s1)CCC2. The first-order valence-electron chi connectivity index (χ1n) is 6.88. The van der Waals surface area contributed by atoms with Crippen molar-refractivity contribution in [2.75, 3.05) is 0 Å². The summed E-state index contributed by atoms with van der Waals surface area (Å²) in [4.78, 5) is 2.86. The molecule has 0 radical (unpaired) electrons. The molecule has 2 nitrogen and oxygen atoms in total. The summed E-state index contributed by atoms with van der Waals surface area (Å²) in [6.45, 7) is 1.48. The van der Waals surface area contributed by atoms with Gasteiger partial charge in [-0.1, -0.05) is 18.2 Å². The van der Waals surface area contributed by atoms with Gasteiger partial charge in [0.1, 0.15) is 0 Å². The highest BCUT2D eigenvalue weighted by molar-refractivity contribution is 7.12. The molecule has 2 N–H and O–H groups in total. The Morgan fingerprint density at radius 2 is 1.95 bits per heavy atom. The van der Waals surface area contributed by atoms with Crippen molar-refractivity contribution in [2.24, 2.45) is 5.73 Å². The predicted molar refractivity (Wildman–Crippen MR) is 77.3 cm³/mol. The summed E-state index contributed by atoms with van der Waals surface area (Å²) in [7, 11) is 0. The van der Waals surface area contributed by atoms with Gasteiger partial charge in [-0.15, -0.1) is 11.3 Å². The zero-order valence-corrected chi connectivity index (χ0v) is 11.6. The van der Waals surface area contributed by atoms with Gasteiger partial charge in [0.05, 0.1) is 19.3 Å². The molecule has 1 aliphatic carbocycles. The summed E-state index contributed by atoms with van der Waals surface area (Å²) in [6, 6.07) is 8.88. The summed E-state index contributed by atoms with van der Waals surface area (Å²) in [6.07, 6.45) is 3.79. The lowest BCUT2D eigenvalue weighted by Crippen LogP contribution is -2.10. The highest BCUT2D eigenvalue weighted by atomic mass is 32.1. The topological polar surface area (TPSA) is 35.2 Å². The minimum atomic E-state index is 0.0153. The summed E-state index contributed by atoms with van der Waals surface area (Å²) in [5.74, 6) is 0. The minimum Gasteiger partial charge on any atom is -0.372 e. The van der Waals surface area contributed by atoms with Crippen molar-refractivity contribution in [3.05, 3.63) is 56.3 Å². The first kappa shape index (κ1) is 11.6. The zero-order valence-electron chi connectivity index (χ0n) is 10.8. The average molecular weight is 271 g/mol. The fourth-order valence-corrected chi connectivity index (χ4v) is 4.34. The summed E-state index contributed by atoms with van der Waals surface area (Å²) in [5, 5.41) is 0. The summed E-state index contributed by atoms with van der Waals surface area (Å²) in [5.41, 5.74) is 11.8. The van der Waals surface area contributed by atoms with Crippen LogP contribution in [0.5, 0.6) is 0 Å². The Bertz CT molecular complexity index is 610. The van der Waals surface area contributed by atoms with E-state index in [1.165, 1.54) is 46.4 Å². The number of hydrogen-bond acceptors (Lipinski definition) is 3.